The fourth-order valence-electron chi connectivity index (χ4n) is 1.66. The van der Waals surface area contributed by atoms with Crippen molar-refractivity contribution < 1.29 is 9.66 Å². The van der Waals surface area contributed by atoms with Crippen LogP contribution in [0.1, 0.15) is 11.3 Å². The number of nitro benzene ring substituents is 1. The Morgan fingerprint density at radius 3 is 2.85 bits per heavy atom. The van der Waals surface area contributed by atoms with Gasteiger partial charge in [-0.1, -0.05) is 6.07 Å². The molecule has 102 valence electrons. The van der Waals surface area contributed by atoms with Crippen LogP contribution in [0, 0.1) is 22.4 Å². The zero-order valence-corrected chi connectivity index (χ0v) is 10.7. The maximum Gasteiger partial charge on any atom is 0.276 e. The summed E-state index contributed by atoms with van der Waals surface area (Å²) >= 11 is 0. The summed E-state index contributed by atoms with van der Waals surface area (Å²) in [6.07, 6.45) is 1.46. The van der Waals surface area contributed by atoms with E-state index in [4.69, 9.17) is 15.9 Å². The number of nitro groups is 1. The fourth-order valence-corrected chi connectivity index (χ4v) is 1.66. The lowest BCUT2D eigenvalue weighted by Crippen LogP contribution is -2.12. The number of rotatable bonds is 4. The number of hydrogen-bond acceptors (Lipinski definition) is 5. The molecule has 1 heterocycles. The van der Waals surface area contributed by atoms with E-state index in [1.165, 1.54) is 18.3 Å². The summed E-state index contributed by atoms with van der Waals surface area (Å²) in [5, 5.41) is 18.2. The summed E-state index contributed by atoms with van der Waals surface area (Å²) in [6.45, 7) is 1.61. The van der Waals surface area contributed by atoms with Crippen molar-refractivity contribution in [1.29, 1.82) is 5.41 Å². The molecule has 0 bridgehead atoms. The summed E-state index contributed by atoms with van der Waals surface area (Å²) in [5.74, 6) is 0.611. The van der Waals surface area contributed by atoms with Crippen molar-refractivity contribution in [2.75, 3.05) is 0 Å². The van der Waals surface area contributed by atoms with E-state index in [9.17, 15) is 10.1 Å². The molecule has 7 nitrogen and oxygen atoms in total. The highest BCUT2D eigenvalue weighted by Gasteiger charge is 2.14. The average Bonchev–Trinajstić information content (AvgIpc) is 2.41. The number of nitrogens with one attached hydrogen (secondary N) is 1. The van der Waals surface area contributed by atoms with Gasteiger partial charge >= 0.3 is 0 Å². The van der Waals surface area contributed by atoms with Crippen LogP contribution >= 0.6 is 0 Å². The Kier molecular flexibility index (Phi) is 3.60. The van der Waals surface area contributed by atoms with Crippen LogP contribution in [-0.2, 0) is 0 Å². The number of amidine groups is 1. The van der Waals surface area contributed by atoms with Crippen molar-refractivity contribution in [1.82, 2.24) is 4.98 Å². The number of ether oxygens (including phenoxy) is 1. The second-order valence-electron chi connectivity index (χ2n) is 4.05. The molecule has 0 saturated carbocycles. The number of pyridine rings is 1. The summed E-state index contributed by atoms with van der Waals surface area (Å²) < 4.78 is 5.59. The van der Waals surface area contributed by atoms with Crippen molar-refractivity contribution in [3.05, 3.63) is 57.9 Å². The lowest BCUT2D eigenvalue weighted by Gasteiger charge is -2.09. The van der Waals surface area contributed by atoms with Crippen molar-refractivity contribution >= 4 is 11.5 Å². The molecular weight excluding hydrogens is 260 g/mol. The monoisotopic (exact) mass is 272 g/mol. The van der Waals surface area contributed by atoms with Crippen LogP contribution in [0.3, 0.4) is 0 Å². The minimum atomic E-state index is -0.463. The topological polar surface area (TPSA) is 115 Å². The van der Waals surface area contributed by atoms with Crippen LogP contribution in [0.25, 0.3) is 0 Å². The van der Waals surface area contributed by atoms with Crippen LogP contribution in [0.2, 0.25) is 0 Å². The summed E-state index contributed by atoms with van der Waals surface area (Å²) in [7, 11) is 0. The van der Waals surface area contributed by atoms with Gasteiger partial charge in [0.05, 0.1) is 10.5 Å². The highest BCUT2D eigenvalue weighted by Crippen LogP contribution is 2.30. The van der Waals surface area contributed by atoms with Gasteiger partial charge in [0.15, 0.2) is 0 Å². The number of nitrogens with zero attached hydrogens (tertiary/aromatic N) is 2. The van der Waals surface area contributed by atoms with Crippen molar-refractivity contribution in [3.8, 4) is 11.5 Å². The molecule has 2 aromatic rings. The SMILES string of the molecule is Cc1c(Oc2ccnc(C(=N)N)c2)cccc1[N+](=O)[O-]. The zero-order chi connectivity index (χ0) is 14.7. The molecule has 0 fully saturated rings. The van der Waals surface area contributed by atoms with E-state index >= 15 is 0 Å². The lowest BCUT2D eigenvalue weighted by molar-refractivity contribution is -0.385. The summed E-state index contributed by atoms with van der Waals surface area (Å²) in [4.78, 5) is 14.3. The molecule has 0 aliphatic heterocycles. The van der Waals surface area contributed by atoms with Crippen molar-refractivity contribution in [2.45, 2.75) is 6.92 Å². The molecule has 0 atom stereocenters. The van der Waals surface area contributed by atoms with Gasteiger partial charge in [0.1, 0.15) is 23.0 Å². The second kappa shape index (κ2) is 5.35. The van der Waals surface area contributed by atoms with Gasteiger partial charge in [0.25, 0.3) is 5.69 Å². The van der Waals surface area contributed by atoms with E-state index in [1.54, 1.807) is 25.1 Å². The standard InChI is InChI=1S/C13H12N4O3/c1-8-11(17(18)19)3-2-4-12(8)20-9-5-6-16-10(7-9)13(14)15/h2-7H,1H3,(H3,14,15). The third-order valence-corrected chi connectivity index (χ3v) is 2.69. The minimum absolute atomic E-state index is 0.0108. The molecular formula is C13H12N4O3. The Labute approximate surface area is 114 Å². The normalized spacial score (nSPS) is 10.1. The summed E-state index contributed by atoms with van der Waals surface area (Å²) in [6, 6.07) is 7.69. The first-order valence-corrected chi connectivity index (χ1v) is 5.71. The van der Waals surface area contributed by atoms with Gasteiger partial charge in [0.2, 0.25) is 0 Å². The first-order chi connectivity index (χ1) is 9.49. The molecule has 2 rings (SSSR count). The first kappa shape index (κ1) is 13.5. The Morgan fingerprint density at radius 1 is 1.45 bits per heavy atom. The Hall–Kier alpha value is -2.96. The molecule has 1 aromatic carbocycles. The molecule has 0 aliphatic carbocycles. The maximum atomic E-state index is 10.9. The number of nitrogens with two attached hydrogens (primary N) is 1. The molecule has 0 saturated heterocycles. The molecule has 0 aliphatic rings. The number of nitrogen functional groups attached to an aromatic ring is 1. The highest BCUT2D eigenvalue weighted by molar-refractivity contribution is 5.93. The highest BCUT2D eigenvalue weighted by atomic mass is 16.6. The van der Waals surface area contributed by atoms with E-state index < -0.39 is 4.92 Å². The van der Waals surface area contributed by atoms with E-state index in [-0.39, 0.29) is 17.2 Å². The number of aromatic nitrogens is 1. The van der Waals surface area contributed by atoms with Gasteiger partial charge in [-0.05, 0) is 19.1 Å². The number of hydrogen-bond donors (Lipinski definition) is 2. The quantitative estimate of drug-likeness (QED) is 0.383. The largest absolute Gasteiger partial charge is 0.457 e. The second-order valence-corrected chi connectivity index (χ2v) is 4.05. The fraction of sp³-hybridized carbons (Fsp3) is 0.0769. The molecule has 0 amide bonds. The van der Waals surface area contributed by atoms with Crippen LogP contribution < -0.4 is 10.5 Å². The van der Waals surface area contributed by atoms with Crippen molar-refractivity contribution in [3.63, 3.8) is 0 Å². The van der Waals surface area contributed by atoms with E-state index in [0.717, 1.165) is 0 Å². The van der Waals surface area contributed by atoms with E-state index in [1.807, 2.05) is 0 Å². The Morgan fingerprint density at radius 2 is 2.20 bits per heavy atom. The van der Waals surface area contributed by atoms with E-state index in [0.29, 0.717) is 17.1 Å². The smallest absolute Gasteiger partial charge is 0.276 e. The predicted octanol–water partition coefficient (Wildman–Crippen LogP) is 2.37. The minimum Gasteiger partial charge on any atom is -0.457 e. The van der Waals surface area contributed by atoms with Crippen LogP contribution in [0.15, 0.2) is 36.5 Å². The molecule has 0 spiro atoms. The molecule has 20 heavy (non-hydrogen) atoms. The Bertz CT molecular complexity index is 685. The van der Waals surface area contributed by atoms with Gasteiger partial charge in [-0.15, -0.1) is 0 Å². The predicted molar refractivity (Wildman–Crippen MR) is 73.2 cm³/mol. The maximum absolute atomic E-state index is 10.9. The molecule has 1 aromatic heterocycles. The number of benzene rings is 1. The molecule has 0 radical (unpaired) electrons. The molecule has 7 heteroatoms. The molecule has 3 N–H and O–H groups in total. The molecule has 0 unspecified atom stereocenters. The van der Waals surface area contributed by atoms with Gasteiger partial charge < -0.3 is 10.5 Å². The lowest BCUT2D eigenvalue weighted by atomic mass is 10.2. The zero-order valence-electron chi connectivity index (χ0n) is 10.7. The van der Waals surface area contributed by atoms with Gasteiger partial charge in [0, 0.05) is 18.3 Å². The first-order valence-electron chi connectivity index (χ1n) is 5.71. The van der Waals surface area contributed by atoms with Gasteiger partial charge in [-0.2, -0.15) is 0 Å². The van der Waals surface area contributed by atoms with Crippen LogP contribution in [-0.4, -0.2) is 15.7 Å². The van der Waals surface area contributed by atoms with Crippen molar-refractivity contribution in [2.24, 2.45) is 5.73 Å². The third kappa shape index (κ3) is 2.72. The van der Waals surface area contributed by atoms with Gasteiger partial charge in [-0.25, -0.2) is 0 Å². The van der Waals surface area contributed by atoms with Gasteiger partial charge in [-0.3, -0.25) is 20.5 Å². The summed E-state index contributed by atoms with van der Waals surface area (Å²) in [5.41, 5.74) is 6.05. The van der Waals surface area contributed by atoms with E-state index in [2.05, 4.69) is 4.98 Å². The third-order valence-electron chi connectivity index (χ3n) is 2.69. The average molecular weight is 272 g/mol. The van der Waals surface area contributed by atoms with Crippen LogP contribution in [0.5, 0.6) is 11.5 Å². The Balaban J connectivity index is 2.35. The van der Waals surface area contributed by atoms with Crippen LogP contribution in [0.4, 0.5) is 5.69 Å².